The van der Waals surface area contributed by atoms with Crippen molar-refractivity contribution in [1.82, 2.24) is 10.2 Å². The first-order chi connectivity index (χ1) is 24.0. The van der Waals surface area contributed by atoms with Crippen molar-refractivity contribution in [2.75, 3.05) is 19.0 Å². The van der Waals surface area contributed by atoms with E-state index < -0.39 is 29.7 Å². The maximum absolute atomic E-state index is 13.9. The second kappa shape index (κ2) is 16.3. The summed E-state index contributed by atoms with van der Waals surface area (Å²) in [4.78, 5) is 47.2. The maximum atomic E-state index is 13.9. The number of carboxylic acid groups (broad SMARTS) is 1. The molecule has 260 valence electrons. The highest BCUT2D eigenvalue weighted by Gasteiger charge is 2.34. The minimum Gasteiger partial charge on any atom is -0.497 e. The number of para-hydroxylation sites is 1. The fourth-order valence-corrected chi connectivity index (χ4v) is 6.04. The lowest BCUT2D eigenvalue weighted by Gasteiger charge is -2.27. The van der Waals surface area contributed by atoms with Crippen LogP contribution in [0.1, 0.15) is 61.9 Å². The Bertz CT molecular complexity index is 1790. The molecular formula is C40H44N4O6. The van der Waals surface area contributed by atoms with Crippen molar-refractivity contribution in [1.29, 1.82) is 0 Å². The van der Waals surface area contributed by atoms with Gasteiger partial charge in [0.1, 0.15) is 11.4 Å². The molecule has 0 spiro atoms. The van der Waals surface area contributed by atoms with E-state index in [0.717, 1.165) is 24.9 Å². The molecule has 0 radical (unpaired) electrons. The van der Waals surface area contributed by atoms with Crippen molar-refractivity contribution in [3.05, 3.63) is 131 Å². The average molecular weight is 677 g/mol. The number of carboxylic acids is 1. The molecule has 4 aromatic rings. The topological polar surface area (TPSA) is 130 Å². The number of likely N-dealkylation sites (tertiary alicyclic amines) is 1. The van der Waals surface area contributed by atoms with E-state index in [0.29, 0.717) is 40.4 Å². The number of hydrogen-bond acceptors (Lipinski definition) is 7. The van der Waals surface area contributed by atoms with E-state index in [1.54, 1.807) is 57.2 Å². The van der Waals surface area contributed by atoms with E-state index in [4.69, 9.17) is 14.5 Å². The van der Waals surface area contributed by atoms with Crippen molar-refractivity contribution in [3.8, 4) is 5.75 Å². The minimum absolute atomic E-state index is 0.143. The summed E-state index contributed by atoms with van der Waals surface area (Å²) in [5.74, 6) is -0.838. The number of anilines is 1. The summed E-state index contributed by atoms with van der Waals surface area (Å²) >= 11 is 0. The molecule has 1 saturated heterocycles. The zero-order valence-electron chi connectivity index (χ0n) is 28.8. The molecule has 0 saturated carbocycles. The Morgan fingerprint density at radius 2 is 1.54 bits per heavy atom. The van der Waals surface area contributed by atoms with Gasteiger partial charge in [0, 0.05) is 17.7 Å². The molecule has 1 heterocycles. The summed E-state index contributed by atoms with van der Waals surface area (Å²) in [5.41, 5.74) is 2.81. The van der Waals surface area contributed by atoms with Crippen LogP contribution in [-0.2, 0) is 20.9 Å². The van der Waals surface area contributed by atoms with Crippen molar-refractivity contribution in [2.45, 2.75) is 63.9 Å². The van der Waals surface area contributed by atoms with Crippen LogP contribution < -0.4 is 15.4 Å². The summed E-state index contributed by atoms with van der Waals surface area (Å²) < 4.78 is 10.8. The quantitative estimate of drug-likeness (QED) is 0.140. The number of methoxy groups -OCH3 is 1. The van der Waals surface area contributed by atoms with Gasteiger partial charge in [-0.2, -0.15) is 0 Å². The molecule has 3 atom stereocenters. The Labute approximate surface area is 293 Å². The third-order valence-corrected chi connectivity index (χ3v) is 8.37. The second-order valence-corrected chi connectivity index (χ2v) is 13.2. The van der Waals surface area contributed by atoms with Crippen LogP contribution in [-0.4, -0.2) is 65.0 Å². The lowest BCUT2D eigenvalue weighted by molar-refractivity contribution is -0.139. The number of nitrogens with zero attached hydrogens (tertiary/aromatic N) is 2. The monoisotopic (exact) mass is 676 g/mol. The average Bonchev–Trinajstić information content (AvgIpc) is 3.56. The van der Waals surface area contributed by atoms with Crippen molar-refractivity contribution >= 4 is 29.4 Å². The van der Waals surface area contributed by atoms with Gasteiger partial charge in [-0.05, 0) is 69.5 Å². The number of nitrogens with one attached hydrogen (secondary N) is 2. The zero-order chi connectivity index (χ0) is 35.7. The van der Waals surface area contributed by atoms with Crippen LogP contribution >= 0.6 is 0 Å². The van der Waals surface area contributed by atoms with E-state index in [1.165, 1.54) is 7.11 Å². The van der Waals surface area contributed by atoms with Gasteiger partial charge in [0.25, 0.3) is 0 Å². The van der Waals surface area contributed by atoms with Crippen LogP contribution in [0.3, 0.4) is 0 Å². The molecular weight excluding hydrogens is 632 g/mol. The molecule has 0 aliphatic carbocycles. The molecule has 0 aromatic heterocycles. The third-order valence-electron chi connectivity index (χ3n) is 8.37. The normalized spacial score (nSPS) is 16.2. The molecule has 3 N–H and O–H groups in total. The lowest BCUT2D eigenvalue weighted by atomic mass is 9.96. The number of aliphatic imine (C=N–C) groups is 1. The van der Waals surface area contributed by atoms with Crippen LogP contribution in [0.15, 0.2) is 114 Å². The summed E-state index contributed by atoms with van der Waals surface area (Å²) in [6.07, 6.45) is 0.841. The van der Waals surface area contributed by atoms with Gasteiger partial charge in [-0.3, -0.25) is 14.7 Å². The van der Waals surface area contributed by atoms with Gasteiger partial charge in [0.15, 0.2) is 6.04 Å². The number of alkyl carbamates (subject to hydrolysis) is 1. The summed E-state index contributed by atoms with van der Waals surface area (Å²) in [6, 6.07) is 30.3. The maximum Gasteiger partial charge on any atom is 0.408 e. The number of hydrogen-bond donors (Lipinski definition) is 3. The first-order valence-corrected chi connectivity index (χ1v) is 16.7. The standard InChI is InChI=1S/C40H44N4O6/c1-40(2,3)50-39(48)43-35(29-21-23-30(49-4)24-22-29)36(38(46)47)42-34(28-16-9-6-10-17-28)31-18-11-12-19-32(31)41-37(45)33-20-13-25-44(33)26-27-14-7-5-8-15-27/h5-12,14-19,21-24,33,35-36H,13,20,25-26H2,1-4H3,(H,41,45)(H,43,48)(H,46,47)/t33-,35+,36-/m1/s1. The van der Waals surface area contributed by atoms with Gasteiger partial charge in [-0.25, -0.2) is 9.59 Å². The second-order valence-electron chi connectivity index (χ2n) is 13.2. The predicted octanol–water partition coefficient (Wildman–Crippen LogP) is 6.85. The molecule has 0 bridgehead atoms. The van der Waals surface area contributed by atoms with Gasteiger partial charge >= 0.3 is 12.1 Å². The molecule has 2 amide bonds. The van der Waals surface area contributed by atoms with E-state index in [2.05, 4.69) is 27.7 Å². The van der Waals surface area contributed by atoms with E-state index >= 15 is 0 Å². The van der Waals surface area contributed by atoms with Crippen LogP contribution in [0.4, 0.5) is 10.5 Å². The number of benzene rings is 4. The number of carbonyl (C=O) groups is 3. The molecule has 1 aliphatic heterocycles. The van der Waals surface area contributed by atoms with Gasteiger partial charge in [0.05, 0.1) is 30.6 Å². The Hall–Kier alpha value is -5.48. The van der Waals surface area contributed by atoms with Gasteiger partial charge in [0.2, 0.25) is 5.91 Å². The Balaban J connectivity index is 1.54. The van der Waals surface area contributed by atoms with Crippen LogP contribution in [0.25, 0.3) is 0 Å². The first-order valence-electron chi connectivity index (χ1n) is 16.7. The predicted molar refractivity (Wildman–Crippen MR) is 194 cm³/mol. The SMILES string of the molecule is COc1ccc([C@H](NC(=O)OC(C)(C)C)[C@@H](N=C(c2ccccc2)c2ccccc2NC(=O)[C@H]2CCCN2Cc2ccccc2)C(=O)O)cc1. The first kappa shape index (κ1) is 35.8. The highest BCUT2D eigenvalue weighted by molar-refractivity contribution is 6.17. The van der Waals surface area contributed by atoms with Crippen LogP contribution in [0.5, 0.6) is 5.75 Å². The molecule has 0 unspecified atom stereocenters. The zero-order valence-corrected chi connectivity index (χ0v) is 28.8. The Kier molecular flexibility index (Phi) is 11.7. The molecule has 4 aromatic carbocycles. The number of aliphatic carboxylic acids is 1. The molecule has 10 nitrogen and oxygen atoms in total. The highest BCUT2D eigenvalue weighted by Crippen LogP contribution is 2.28. The summed E-state index contributed by atoms with van der Waals surface area (Å²) in [6.45, 7) is 6.66. The van der Waals surface area contributed by atoms with Gasteiger partial charge in [-0.15, -0.1) is 0 Å². The van der Waals surface area contributed by atoms with E-state index in [1.807, 2.05) is 60.7 Å². The fourth-order valence-electron chi connectivity index (χ4n) is 6.04. The lowest BCUT2D eigenvalue weighted by Crippen LogP contribution is -2.42. The minimum atomic E-state index is -1.49. The molecule has 1 aliphatic rings. The molecule has 50 heavy (non-hydrogen) atoms. The third kappa shape index (κ3) is 9.35. The van der Waals surface area contributed by atoms with Gasteiger partial charge < -0.3 is 25.2 Å². The molecule has 10 heteroatoms. The number of ether oxygens (including phenoxy) is 2. The van der Waals surface area contributed by atoms with E-state index in [-0.39, 0.29) is 11.9 Å². The Morgan fingerprint density at radius 1 is 0.900 bits per heavy atom. The van der Waals surface area contributed by atoms with Crippen LogP contribution in [0.2, 0.25) is 0 Å². The van der Waals surface area contributed by atoms with E-state index in [9.17, 15) is 19.5 Å². The van der Waals surface area contributed by atoms with Crippen molar-refractivity contribution in [3.63, 3.8) is 0 Å². The fraction of sp³-hybridized carbons (Fsp3) is 0.300. The van der Waals surface area contributed by atoms with Crippen LogP contribution in [0, 0.1) is 0 Å². The molecule has 5 rings (SSSR count). The number of carbonyl (C=O) groups excluding carboxylic acids is 2. The van der Waals surface area contributed by atoms with Gasteiger partial charge in [-0.1, -0.05) is 91.0 Å². The smallest absolute Gasteiger partial charge is 0.408 e. The molecule has 1 fully saturated rings. The summed E-state index contributed by atoms with van der Waals surface area (Å²) in [5, 5.41) is 16.6. The number of amides is 2. The summed E-state index contributed by atoms with van der Waals surface area (Å²) in [7, 11) is 1.53. The largest absolute Gasteiger partial charge is 0.497 e. The Morgan fingerprint density at radius 3 is 2.18 bits per heavy atom. The van der Waals surface area contributed by atoms with Crippen molar-refractivity contribution < 1.29 is 29.0 Å². The highest BCUT2D eigenvalue weighted by atomic mass is 16.6. The van der Waals surface area contributed by atoms with Crippen molar-refractivity contribution in [2.24, 2.45) is 4.99 Å². The number of rotatable bonds is 12.